The van der Waals surface area contributed by atoms with Crippen LogP contribution in [-0.4, -0.2) is 92.9 Å². The minimum absolute atomic E-state index is 0.0390. The van der Waals surface area contributed by atoms with E-state index in [1.54, 1.807) is 0 Å². The quantitative estimate of drug-likeness (QED) is 0.355. The lowest BCUT2D eigenvalue weighted by atomic mass is 10.0. The fourth-order valence-electron chi connectivity index (χ4n) is 7.46. The number of amides is 4. The van der Waals surface area contributed by atoms with Crippen LogP contribution >= 0.6 is 0 Å². The van der Waals surface area contributed by atoms with Gasteiger partial charge in [0.25, 0.3) is 5.91 Å². The van der Waals surface area contributed by atoms with Crippen LogP contribution in [0.5, 0.6) is 0 Å². The largest absolute Gasteiger partial charge is 0.446 e. The maximum atomic E-state index is 14.4. The number of sulfonamides is 1. The lowest BCUT2D eigenvalue weighted by molar-refractivity contribution is -0.141. The average Bonchev–Trinajstić information content (AvgIpc) is 3.84. The number of alkyl carbamates (subject to hydrolysis) is 1. The number of allylic oxidation sites excluding steroid dienone is 1. The van der Waals surface area contributed by atoms with Crippen LogP contribution in [0, 0.1) is 17.6 Å². The second-order valence-electron chi connectivity index (χ2n) is 14.5. The van der Waals surface area contributed by atoms with E-state index in [-0.39, 0.29) is 43.3 Å². The molecule has 4 fully saturated rings. The highest BCUT2D eigenvalue weighted by Crippen LogP contribution is 2.46. The van der Waals surface area contributed by atoms with Crippen LogP contribution < -0.4 is 15.4 Å². The van der Waals surface area contributed by atoms with Gasteiger partial charge in [0.15, 0.2) is 0 Å². The van der Waals surface area contributed by atoms with Crippen molar-refractivity contribution >= 4 is 33.8 Å². The fraction of sp³-hybridized carbons (Fsp3) is 0.618. The molecule has 7 rings (SSSR count). The summed E-state index contributed by atoms with van der Waals surface area (Å²) in [5.74, 6) is -4.29. The van der Waals surface area contributed by atoms with Gasteiger partial charge in [0.2, 0.25) is 27.7 Å². The monoisotopic (exact) mass is 744 g/mol. The first-order valence-electron chi connectivity index (χ1n) is 18.0. The van der Waals surface area contributed by atoms with Crippen molar-refractivity contribution in [3.8, 4) is 11.4 Å². The van der Waals surface area contributed by atoms with Gasteiger partial charge in [-0.3, -0.25) is 19.1 Å². The van der Waals surface area contributed by atoms with Crippen LogP contribution in [0.15, 0.2) is 30.4 Å². The Kier molecular flexibility index (Phi) is 10.0. The maximum absolute atomic E-state index is 14.4. The first kappa shape index (κ1) is 35.9. The summed E-state index contributed by atoms with van der Waals surface area (Å²) in [7, 11) is -3.92. The molecule has 5 aliphatic rings. The Morgan fingerprint density at radius 3 is 2.44 bits per heavy atom. The summed E-state index contributed by atoms with van der Waals surface area (Å²) >= 11 is 0. The van der Waals surface area contributed by atoms with Crippen LogP contribution in [-0.2, 0) is 29.1 Å². The van der Waals surface area contributed by atoms with E-state index in [0.29, 0.717) is 31.7 Å². The van der Waals surface area contributed by atoms with Crippen molar-refractivity contribution < 1.29 is 41.1 Å². The molecule has 5 atom stereocenters. The molecule has 280 valence electrons. The number of ether oxygens (including phenoxy) is 1. The lowest BCUT2D eigenvalue weighted by Gasteiger charge is -2.30. The molecule has 3 saturated carbocycles. The van der Waals surface area contributed by atoms with E-state index >= 15 is 0 Å². The van der Waals surface area contributed by atoms with Crippen molar-refractivity contribution in [1.82, 2.24) is 40.5 Å². The molecule has 1 unspecified atom stereocenters. The summed E-state index contributed by atoms with van der Waals surface area (Å²) in [6, 6.07) is -0.144. The van der Waals surface area contributed by atoms with Crippen molar-refractivity contribution in [3.05, 3.63) is 42.0 Å². The Morgan fingerprint density at radius 2 is 1.71 bits per heavy atom. The number of hydrogen-bond acceptors (Lipinski definition) is 10. The van der Waals surface area contributed by atoms with Crippen molar-refractivity contribution in [1.29, 1.82) is 0 Å². The molecule has 18 heteroatoms. The third-order valence-electron chi connectivity index (χ3n) is 10.6. The molecule has 1 saturated heterocycles. The average molecular weight is 745 g/mol. The number of hydrogen-bond donors (Lipinski definition) is 3. The Hall–Kier alpha value is -4.48. The summed E-state index contributed by atoms with van der Waals surface area (Å²) in [6.07, 6.45) is 10.2. The zero-order valence-electron chi connectivity index (χ0n) is 28.5. The Bertz CT molecular complexity index is 1840. The van der Waals surface area contributed by atoms with Gasteiger partial charge in [-0.05, 0) is 81.6 Å². The van der Waals surface area contributed by atoms with Crippen molar-refractivity contribution in [2.45, 2.75) is 118 Å². The molecule has 1 aromatic heterocycles. The molecule has 2 aromatic rings. The first-order valence-corrected chi connectivity index (χ1v) is 19.5. The zero-order chi connectivity index (χ0) is 36.6. The molecule has 52 heavy (non-hydrogen) atoms. The first-order chi connectivity index (χ1) is 24.9. The van der Waals surface area contributed by atoms with Crippen molar-refractivity contribution in [2.75, 3.05) is 6.54 Å². The molecule has 15 nitrogen and oxygen atoms in total. The Labute approximate surface area is 299 Å². The van der Waals surface area contributed by atoms with E-state index in [0.717, 1.165) is 50.7 Å². The molecule has 4 amide bonds. The van der Waals surface area contributed by atoms with E-state index < -0.39 is 80.3 Å². The third-order valence-corrected chi connectivity index (χ3v) is 12.4. The van der Waals surface area contributed by atoms with Gasteiger partial charge >= 0.3 is 6.09 Å². The van der Waals surface area contributed by atoms with E-state index in [2.05, 4.69) is 30.8 Å². The molecule has 1 aromatic carbocycles. The summed E-state index contributed by atoms with van der Waals surface area (Å²) in [5, 5.41) is 17.2. The standard InChI is InChI=1S/C34H42F2N8O7S/c35-22-14-20(15-23(36)16-22)29-39-42-44(40-29)24-17-28-30(45)38-34(32(47)41-52(49,50)26-12-13-26)18-21(34)8-4-2-1-3-5-11-27(31(46)43(28)19-24)37-33(48)51-25-9-6-7-10-25/h4,8,14-16,21,24-28H,1-3,5-7,9-13,17-19H2,(H,37,48)(H,38,45)(H,41,47)/b8-4+/t21?,24-,27+,28+,34-/m1/s1. The van der Waals surface area contributed by atoms with E-state index in [9.17, 15) is 36.4 Å². The molecule has 2 aliphatic heterocycles. The van der Waals surface area contributed by atoms with Crippen molar-refractivity contribution in [2.24, 2.45) is 5.92 Å². The van der Waals surface area contributed by atoms with E-state index in [4.69, 9.17) is 4.74 Å². The van der Waals surface area contributed by atoms with Crippen molar-refractivity contribution in [3.63, 3.8) is 0 Å². The highest BCUT2D eigenvalue weighted by Gasteiger charge is 2.62. The van der Waals surface area contributed by atoms with Gasteiger partial charge in [0, 0.05) is 30.5 Å². The molecule has 3 aliphatic carbocycles. The summed E-state index contributed by atoms with van der Waals surface area (Å²) < 4.78 is 61.2. The van der Waals surface area contributed by atoms with Gasteiger partial charge in [-0.2, -0.15) is 4.80 Å². The number of rotatable bonds is 7. The van der Waals surface area contributed by atoms with Gasteiger partial charge in [-0.15, -0.1) is 10.2 Å². The molecule has 3 N–H and O–H groups in total. The Balaban J connectivity index is 1.17. The predicted octanol–water partition coefficient (Wildman–Crippen LogP) is 2.80. The molecule has 0 bridgehead atoms. The molecule has 0 radical (unpaired) electrons. The topological polar surface area (TPSA) is 195 Å². The highest BCUT2D eigenvalue weighted by molar-refractivity contribution is 7.91. The van der Waals surface area contributed by atoms with Crippen LogP contribution in [0.3, 0.4) is 0 Å². The summed E-state index contributed by atoms with van der Waals surface area (Å²) in [4.78, 5) is 57.8. The molecular formula is C34H42F2N8O7S. The maximum Gasteiger partial charge on any atom is 0.408 e. The van der Waals surface area contributed by atoms with E-state index in [1.165, 1.54) is 9.70 Å². The smallest absolute Gasteiger partial charge is 0.408 e. The second kappa shape index (κ2) is 14.5. The van der Waals surface area contributed by atoms with Crippen LogP contribution in [0.2, 0.25) is 0 Å². The number of nitrogens with one attached hydrogen (secondary N) is 3. The highest BCUT2D eigenvalue weighted by atomic mass is 32.2. The van der Waals surface area contributed by atoms with Gasteiger partial charge in [0.1, 0.15) is 35.4 Å². The second-order valence-corrected chi connectivity index (χ2v) is 16.5. The minimum atomic E-state index is -3.92. The number of aromatic nitrogens is 4. The van der Waals surface area contributed by atoms with Gasteiger partial charge in [-0.1, -0.05) is 25.0 Å². The predicted molar refractivity (Wildman–Crippen MR) is 179 cm³/mol. The SMILES string of the molecule is O=C(N[C@H]1CCCCC/C=C/C2C[C@@]2(C(=O)NS(=O)(=O)C2CC2)NC(=O)[C@@H]2C[C@@H](n3nnc(-c4cc(F)cc(F)c4)n3)CN2C1=O)OC1CCCC1. The summed E-state index contributed by atoms with van der Waals surface area (Å²) in [5.41, 5.74) is -1.51. The van der Waals surface area contributed by atoms with Crippen LogP contribution in [0.1, 0.15) is 89.5 Å². The zero-order valence-corrected chi connectivity index (χ0v) is 29.3. The number of tetrazole rings is 1. The minimum Gasteiger partial charge on any atom is -0.446 e. The number of halogens is 2. The van der Waals surface area contributed by atoms with Gasteiger partial charge in [0.05, 0.1) is 11.3 Å². The molecule has 0 spiro atoms. The number of carbonyl (C=O) groups is 4. The lowest BCUT2D eigenvalue weighted by Crippen LogP contribution is -2.58. The third kappa shape index (κ3) is 7.80. The Morgan fingerprint density at radius 1 is 0.981 bits per heavy atom. The van der Waals surface area contributed by atoms with Gasteiger partial charge < -0.3 is 20.3 Å². The summed E-state index contributed by atoms with van der Waals surface area (Å²) in [6.45, 7) is -0.0985. The van der Waals surface area contributed by atoms with Crippen LogP contribution in [0.25, 0.3) is 11.4 Å². The number of nitrogens with zero attached hydrogens (tertiary/aromatic N) is 5. The molecule has 3 heterocycles. The molecular weight excluding hydrogens is 702 g/mol. The number of fused-ring (bicyclic) bond motifs is 2. The number of carbonyl (C=O) groups excluding carboxylic acids is 4. The van der Waals surface area contributed by atoms with Crippen LogP contribution in [0.4, 0.5) is 13.6 Å². The number of benzene rings is 1. The normalized spacial score (nSPS) is 29.2. The fourth-order valence-corrected chi connectivity index (χ4v) is 8.82. The van der Waals surface area contributed by atoms with E-state index in [1.807, 2.05) is 12.2 Å². The van der Waals surface area contributed by atoms with Gasteiger partial charge in [-0.25, -0.2) is 22.0 Å².